The molecule has 174 valence electrons. The first-order chi connectivity index (χ1) is 15.5. The summed E-state index contributed by atoms with van der Waals surface area (Å²) in [5.74, 6) is 0.478. The van der Waals surface area contributed by atoms with Crippen LogP contribution in [0.15, 0.2) is 24.3 Å². The van der Waals surface area contributed by atoms with E-state index in [4.69, 9.17) is 11.6 Å². The van der Waals surface area contributed by atoms with Crippen molar-refractivity contribution in [3.63, 3.8) is 0 Å². The molecule has 1 atom stereocenters. The molecule has 7 heteroatoms. The van der Waals surface area contributed by atoms with Crippen molar-refractivity contribution in [3.8, 4) is 0 Å². The smallest absolute Gasteiger partial charge is 0.270 e. The predicted molar refractivity (Wildman–Crippen MR) is 129 cm³/mol. The zero-order valence-corrected chi connectivity index (χ0v) is 19.8. The molecule has 0 saturated carbocycles. The molecule has 2 aliphatic rings. The number of halogens is 1. The van der Waals surface area contributed by atoms with Gasteiger partial charge < -0.3 is 20.1 Å². The van der Waals surface area contributed by atoms with Crippen molar-refractivity contribution in [2.75, 3.05) is 39.3 Å². The Bertz CT molecular complexity index is 929. The number of hydrogen-bond acceptors (Lipinski definition) is 3. The van der Waals surface area contributed by atoms with E-state index < -0.39 is 0 Å². The van der Waals surface area contributed by atoms with Gasteiger partial charge in [0.05, 0.1) is 0 Å². The first-order valence-electron chi connectivity index (χ1n) is 12.1. The molecule has 0 bridgehead atoms. The van der Waals surface area contributed by atoms with Crippen molar-refractivity contribution in [1.29, 1.82) is 0 Å². The van der Waals surface area contributed by atoms with E-state index >= 15 is 0 Å². The fourth-order valence-electron chi connectivity index (χ4n) is 5.06. The summed E-state index contributed by atoms with van der Waals surface area (Å²) in [7, 11) is 0. The molecule has 0 aliphatic carbocycles. The number of aromatic amines is 1. The van der Waals surface area contributed by atoms with Crippen molar-refractivity contribution in [3.05, 3.63) is 35.0 Å². The van der Waals surface area contributed by atoms with Gasteiger partial charge in [-0.05, 0) is 81.9 Å². The van der Waals surface area contributed by atoms with Gasteiger partial charge in [0.1, 0.15) is 5.69 Å². The van der Waals surface area contributed by atoms with Gasteiger partial charge in [-0.1, -0.05) is 24.9 Å². The Kier molecular flexibility index (Phi) is 7.74. The van der Waals surface area contributed by atoms with Crippen LogP contribution in [0.25, 0.3) is 10.9 Å². The fourth-order valence-corrected chi connectivity index (χ4v) is 5.24. The number of piperidine rings is 2. The molecule has 4 rings (SSSR count). The van der Waals surface area contributed by atoms with Crippen LogP contribution in [0.3, 0.4) is 0 Å². The molecule has 2 fully saturated rings. The van der Waals surface area contributed by atoms with Crippen LogP contribution in [0.1, 0.15) is 55.9 Å². The lowest BCUT2D eigenvalue weighted by Gasteiger charge is -2.34. The molecular weight excluding hydrogens is 424 g/mol. The van der Waals surface area contributed by atoms with Crippen LogP contribution in [-0.4, -0.2) is 65.9 Å². The highest BCUT2D eigenvalue weighted by Crippen LogP contribution is 2.27. The van der Waals surface area contributed by atoms with Gasteiger partial charge in [0.15, 0.2) is 0 Å². The van der Waals surface area contributed by atoms with E-state index in [0.29, 0.717) is 29.7 Å². The van der Waals surface area contributed by atoms with Crippen LogP contribution in [0.4, 0.5) is 0 Å². The lowest BCUT2D eigenvalue weighted by atomic mass is 9.84. The Morgan fingerprint density at radius 1 is 1.12 bits per heavy atom. The van der Waals surface area contributed by atoms with Gasteiger partial charge in [-0.15, -0.1) is 0 Å². The SMILES string of the molecule is CC(C(=O)NCCCN1CCCCC1)C1CCN(C(=O)c2cc3cc(Cl)ccc3[nH]2)CC1. The molecule has 2 amide bonds. The second kappa shape index (κ2) is 10.7. The molecule has 1 aromatic carbocycles. The molecule has 32 heavy (non-hydrogen) atoms. The summed E-state index contributed by atoms with van der Waals surface area (Å²) in [5.41, 5.74) is 1.51. The van der Waals surface area contributed by atoms with E-state index in [1.807, 2.05) is 36.1 Å². The Balaban J connectivity index is 1.20. The third-order valence-corrected chi connectivity index (χ3v) is 7.39. The van der Waals surface area contributed by atoms with E-state index in [2.05, 4.69) is 15.2 Å². The first kappa shape index (κ1) is 23.1. The highest BCUT2D eigenvalue weighted by atomic mass is 35.5. The first-order valence-corrected chi connectivity index (χ1v) is 12.5. The largest absolute Gasteiger partial charge is 0.356 e. The molecule has 2 aliphatic heterocycles. The molecule has 1 aromatic heterocycles. The third kappa shape index (κ3) is 5.65. The molecule has 0 radical (unpaired) electrons. The highest BCUT2D eigenvalue weighted by Gasteiger charge is 2.30. The molecule has 0 spiro atoms. The van der Waals surface area contributed by atoms with Crippen LogP contribution in [-0.2, 0) is 4.79 Å². The average Bonchev–Trinajstić information content (AvgIpc) is 3.24. The number of nitrogens with zero attached hydrogens (tertiary/aromatic N) is 2. The monoisotopic (exact) mass is 458 g/mol. The van der Waals surface area contributed by atoms with Crippen LogP contribution in [0.5, 0.6) is 0 Å². The Hall–Kier alpha value is -2.05. The van der Waals surface area contributed by atoms with Crippen molar-refractivity contribution in [2.24, 2.45) is 11.8 Å². The van der Waals surface area contributed by atoms with Crippen LogP contribution in [0.2, 0.25) is 5.02 Å². The van der Waals surface area contributed by atoms with Crippen LogP contribution in [0, 0.1) is 11.8 Å². The summed E-state index contributed by atoms with van der Waals surface area (Å²) in [6, 6.07) is 7.45. The van der Waals surface area contributed by atoms with Gasteiger partial charge in [0.2, 0.25) is 5.91 Å². The second-order valence-corrected chi connectivity index (χ2v) is 9.82. The summed E-state index contributed by atoms with van der Waals surface area (Å²) >= 11 is 6.06. The molecule has 6 nitrogen and oxygen atoms in total. The maximum Gasteiger partial charge on any atom is 0.270 e. The summed E-state index contributed by atoms with van der Waals surface area (Å²) in [6.07, 6.45) is 6.70. The summed E-state index contributed by atoms with van der Waals surface area (Å²) in [6.45, 7) is 7.64. The molecular formula is C25H35ClN4O2. The van der Waals surface area contributed by atoms with E-state index in [1.165, 1.54) is 32.4 Å². The predicted octanol–water partition coefficient (Wildman–Crippen LogP) is 4.30. The molecule has 2 aromatic rings. The lowest BCUT2D eigenvalue weighted by Crippen LogP contribution is -2.43. The molecule has 1 unspecified atom stereocenters. The maximum atomic E-state index is 12.9. The summed E-state index contributed by atoms with van der Waals surface area (Å²) in [4.78, 5) is 33.2. The van der Waals surface area contributed by atoms with Crippen molar-refractivity contribution >= 4 is 34.3 Å². The molecule has 2 N–H and O–H groups in total. The number of hydrogen-bond donors (Lipinski definition) is 2. The number of aromatic nitrogens is 1. The Labute approximate surface area is 195 Å². The maximum absolute atomic E-state index is 12.9. The number of carbonyl (C=O) groups is 2. The van der Waals surface area contributed by atoms with E-state index in [9.17, 15) is 9.59 Å². The third-order valence-electron chi connectivity index (χ3n) is 7.16. The van der Waals surface area contributed by atoms with Crippen LogP contribution < -0.4 is 5.32 Å². The number of H-pyrrole nitrogens is 1. The van der Waals surface area contributed by atoms with Gasteiger partial charge in [0.25, 0.3) is 5.91 Å². The number of fused-ring (bicyclic) bond motifs is 1. The number of benzene rings is 1. The van der Waals surface area contributed by atoms with Gasteiger partial charge in [-0.25, -0.2) is 0 Å². The van der Waals surface area contributed by atoms with Crippen LogP contribution >= 0.6 is 11.6 Å². The topological polar surface area (TPSA) is 68.4 Å². The number of carbonyl (C=O) groups excluding carboxylic acids is 2. The van der Waals surface area contributed by atoms with Crippen molar-refractivity contribution in [1.82, 2.24) is 20.1 Å². The second-order valence-electron chi connectivity index (χ2n) is 9.38. The summed E-state index contributed by atoms with van der Waals surface area (Å²) < 4.78 is 0. The Morgan fingerprint density at radius 3 is 2.62 bits per heavy atom. The van der Waals surface area contributed by atoms with Gasteiger partial charge in [-0.3, -0.25) is 9.59 Å². The number of amides is 2. The standard InChI is InChI=1S/C25H35ClN4O2/c1-18(24(31)27-10-5-13-29-11-3-2-4-12-29)19-8-14-30(15-9-19)25(32)23-17-20-16-21(26)6-7-22(20)28-23/h6-7,16-19,28H,2-5,8-15H2,1H3,(H,27,31). The minimum Gasteiger partial charge on any atom is -0.356 e. The Morgan fingerprint density at radius 2 is 1.88 bits per heavy atom. The fraction of sp³-hybridized carbons (Fsp3) is 0.600. The van der Waals surface area contributed by atoms with Gasteiger partial charge in [-0.2, -0.15) is 0 Å². The van der Waals surface area contributed by atoms with Crippen molar-refractivity contribution < 1.29 is 9.59 Å². The zero-order chi connectivity index (χ0) is 22.5. The minimum atomic E-state index is -0.0162. The van der Waals surface area contributed by atoms with E-state index in [1.54, 1.807) is 0 Å². The normalized spacial score (nSPS) is 19.2. The lowest BCUT2D eigenvalue weighted by molar-refractivity contribution is -0.126. The average molecular weight is 459 g/mol. The quantitative estimate of drug-likeness (QED) is 0.608. The number of nitrogens with one attached hydrogen (secondary N) is 2. The molecule has 2 saturated heterocycles. The summed E-state index contributed by atoms with van der Waals surface area (Å²) in [5, 5.41) is 4.74. The highest BCUT2D eigenvalue weighted by molar-refractivity contribution is 6.31. The number of rotatable bonds is 7. The van der Waals surface area contributed by atoms with E-state index in [-0.39, 0.29) is 17.7 Å². The van der Waals surface area contributed by atoms with Crippen molar-refractivity contribution in [2.45, 2.75) is 45.4 Å². The number of likely N-dealkylation sites (tertiary alicyclic amines) is 2. The van der Waals surface area contributed by atoms with Gasteiger partial charge in [0, 0.05) is 41.5 Å². The van der Waals surface area contributed by atoms with Gasteiger partial charge >= 0.3 is 0 Å². The minimum absolute atomic E-state index is 0.0162. The van der Waals surface area contributed by atoms with E-state index in [0.717, 1.165) is 43.3 Å². The molecule has 3 heterocycles. The zero-order valence-electron chi connectivity index (χ0n) is 19.0.